The average Bonchev–Trinajstić information content (AvgIpc) is 3.18. The number of carbonyl (C=O) groups is 1. The van der Waals surface area contributed by atoms with E-state index in [1.807, 2.05) is 4.90 Å². The first-order chi connectivity index (χ1) is 10.9. The molecule has 0 bridgehead atoms. The number of hydrogen-bond acceptors (Lipinski definition) is 6. The second-order valence-electron chi connectivity index (χ2n) is 7.27. The molecule has 1 unspecified atom stereocenters. The molecule has 0 aromatic carbocycles. The molecule has 1 aromatic rings. The lowest BCUT2D eigenvalue weighted by Gasteiger charge is -2.35. The Bertz CT molecular complexity index is 551. The Morgan fingerprint density at radius 3 is 2.48 bits per heavy atom. The highest BCUT2D eigenvalue weighted by molar-refractivity contribution is 7.99. The van der Waals surface area contributed by atoms with Gasteiger partial charge in [-0.3, -0.25) is 15.0 Å². The van der Waals surface area contributed by atoms with Gasteiger partial charge in [0.05, 0.1) is 16.7 Å². The van der Waals surface area contributed by atoms with Gasteiger partial charge in [-0.05, 0) is 0 Å². The number of piperazine rings is 1. The summed E-state index contributed by atoms with van der Waals surface area (Å²) in [6, 6.07) is 0.0273. The van der Waals surface area contributed by atoms with Gasteiger partial charge < -0.3 is 4.90 Å². The average molecular weight is 427 g/mol. The van der Waals surface area contributed by atoms with Gasteiger partial charge in [-0.25, -0.2) is 4.98 Å². The van der Waals surface area contributed by atoms with Crippen LogP contribution in [-0.2, 0) is 16.8 Å². The molecule has 0 spiro atoms. The third kappa shape index (κ3) is 5.97. The van der Waals surface area contributed by atoms with E-state index >= 15 is 0 Å². The fourth-order valence-corrected chi connectivity index (χ4v) is 4.69. The summed E-state index contributed by atoms with van der Waals surface area (Å²) >= 11 is 3.56. The molecular weight excluding hydrogens is 399 g/mol. The van der Waals surface area contributed by atoms with Gasteiger partial charge in [-0.1, -0.05) is 20.8 Å². The van der Waals surface area contributed by atoms with Gasteiger partial charge in [0.25, 0.3) is 0 Å². The van der Waals surface area contributed by atoms with Crippen molar-refractivity contribution in [1.29, 1.82) is 0 Å². The van der Waals surface area contributed by atoms with Crippen molar-refractivity contribution < 1.29 is 4.79 Å². The van der Waals surface area contributed by atoms with Crippen LogP contribution in [0.2, 0.25) is 0 Å². The summed E-state index contributed by atoms with van der Waals surface area (Å²) in [4.78, 5) is 21.6. The van der Waals surface area contributed by atoms with Crippen LogP contribution in [0.1, 0.15) is 31.5 Å². The maximum absolute atomic E-state index is 12.4. The lowest BCUT2D eigenvalue weighted by Crippen LogP contribution is -2.53. The number of hydrogen-bond donors (Lipinski definition) is 1. The summed E-state index contributed by atoms with van der Waals surface area (Å²) in [5.74, 6) is 2.09. The molecule has 1 N–H and O–H groups in total. The number of amides is 1. The Labute approximate surface area is 171 Å². The van der Waals surface area contributed by atoms with E-state index in [9.17, 15) is 4.79 Å². The second-order valence-corrected chi connectivity index (χ2v) is 9.16. The van der Waals surface area contributed by atoms with Gasteiger partial charge in [0.2, 0.25) is 5.91 Å². The highest BCUT2D eigenvalue weighted by atomic mass is 35.5. The molecule has 2 saturated heterocycles. The molecule has 2 fully saturated rings. The van der Waals surface area contributed by atoms with E-state index in [1.54, 1.807) is 23.1 Å². The van der Waals surface area contributed by atoms with Crippen molar-refractivity contribution in [2.75, 3.05) is 37.8 Å². The molecule has 0 aliphatic carbocycles. The Kier molecular flexibility index (Phi) is 8.98. The van der Waals surface area contributed by atoms with E-state index in [4.69, 9.17) is 4.98 Å². The molecule has 25 heavy (non-hydrogen) atoms. The lowest BCUT2D eigenvalue weighted by atomic mass is 9.98. The number of carbonyl (C=O) groups excluding carboxylic acids is 1. The van der Waals surface area contributed by atoms with Gasteiger partial charge in [0, 0.05) is 55.1 Å². The van der Waals surface area contributed by atoms with Crippen molar-refractivity contribution in [3.05, 3.63) is 16.1 Å². The normalized spacial score (nSPS) is 21.6. The van der Waals surface area contributed by atoms with E-state index in [2.05, 4.69) is 36.4 Å². The maximum Gasteiger partial charge on any atom is 0.240 e. The number of thioether (sulfide) groups is 1. The molecule has 2 aliphatic heterocycles. The summed E-state index contributed by atoms with van der Waals surface area (Å²) in [7, 11) is 0. The first-order valence-corrected chi connectivity index (χ1v) is 10.2. The molecule has 0 saturated carbocycles. The minimum absolute atomic E-state index is 0. The molecule has 3 rings (SSSR count). The molecule has 1 amide bonds. The SMILES string of the molecule is CC(C)(C)c1nc(CN2CCN(C(=O)C3CSCN3)CC2)cs1.Cl.Cl. The van der Waals surface area contributed by atoms with Gasteiger partial charge >= 0.3 is 0 Å². The van der Waals surface area contributed by atoms with E-state index in [0.717, 1.165) is 50.0 Å². The van der Waals surface area contributed by atoms with Crippen molar-refractivity contribution in [1.82, 2.24) is 20.1 Å². The van der Waals surface area contributed by atoms with Crippen LogP contribution in [0.5, 0.6) is 0 Å². The Morgan fingerprint density at radius 1 is 1.28 bits per heavy atom. The summed E-state index contributed by atoms with van der Waals surface area (Å²) in [6.45, 7) is 11.0. The zero-order chi connectivity index (χ0) is 16.4. The molecule has 2 aliphatic rings. The topological polar surface area (TPSA) is 48.5 Å². The largest absolute Gasteiger partial charge is 0.339 e. The first kappa shape index (κ1) is 23.0. The van der Waals surface area contributed by atoms with Crippen molar-refractivity contribution >= 4 is 53.8 Å². The van der Waals surface area contributed by atoms with Crippen LogP contribution in [0.4, 0.5) is 0 Å². The van der Waals surface area contributed by atoms with Crippen LogP contribution in [0, 0.1) is 0 Å². The Balaban J connectivity index is 0.00000156. The Hall–Kier alpha value is -0.0500. The van der Waals surface area contributed by atoms with Crippen molar-refractivity contribution in [3.63, 3.8) is 0 Å². The molecule has 9 heteroatoms. The zero-order valence-electron chi connectivity index (χ0n) is 15.0. The van der Waals surface area contributed by atoms with Gasteiger partial charge in [-0.2, -0.15) is 0 Å². The molecule has 3 heterocycles. The molecule has 144 valence electrons. The van der Waals surface area contributed by atoms with Crippen molar-refractivity contribution in [2.24, 2.45) is 0 Å². The van der Waals surface area contributed by atoms with Gasteiger partial charge in [-0.15, -0.1) is 47.9 Å². The number of nitrogens with zero attached hydrogens (tertiary/aromatic N) is 3. The molecule has 5 nitrogen and oxygen atoms in total. The van der Waals surface area contributed by atoms with Crippen molar-refractivity contribution in [2.45, 2.75) is 38.8 Å². The molecule has 0 radical (unpaired) electrons. The summed E-state index contributed by atoms with van der Waals surface area (Å²) in [5, 5.41) is 6.65. The molecule has 1 aromatic heterocycles. The quantitative estimate of drug-likeness (QED) is 0.804. The minimum atomic E-state index is 0. The highest BCUT2D eigenvalue weighted by Crippen LogP contribution is 2.26. The van der Waals surface area contributed by atoms with E-state index < -0.39 is 0 Å². The number of thiazole rings is 1. The van der Waals surface area contributed by atoms with Crippen LogP contribution >= 0.6 is 47.9 Å². The molecule has 1 atom stereocenters. The maximum atomic E-state index is 12.4. The van der Waals surface area contributed by atoms with Crippen LogP contribution < -0.4 is 5.32 Å². The number of aromatic nitrogens is 1. The van der Waals surface area contributed by atoms with E-state index in [1.165, 1.54) is 5.01 Å². The fourth-order valence-electron chi connectivity index (χ4n) is 2.85. The third-order valence-electron chi connectivity index (χ3n) is 4.28. The van der Waals surface area contributed by atoms with Crippen LogP contribution in [0.15, 0.2) is 5.38 Å². The smallest absolute Gasteiger partial charge is 0.240 e. The van der Waals surface area contributed by atoms with Gasteiger partial charge in [0.15, 0.2) is 0 Å². The van der Waals surface area contributed by atoms with E-state index in [0.29, 0.717) is 0 Å². The highest BCUT2D eigenvalue weighted by Gasteiger charge is 2.29. The Morgan fingerprint density at radius 2 is 1.96 bits per heavy atom. The lowest BCUT2D eigenvalue weighted by molar-refractivity contribution is -0.134. The predicted molar refractivity (Wildman–Crippen MR) is 111 cm³/mol. The van der Waals surface area contributed by atoms with Crippen LogP contribution in [0.3, 0.4) is 0 Å². The summed E-state index contributed by atoms with van der Waals surface area (Å²) in [5.41, 5.74) is 1.29. The van der Waals surface area contributed by atoms with Crippen LogP contribution in [0.25, 0.3) is 0 Å². The van der Waals surface area contributed by atoms with Crippen LogP contribution in [-0.4, -0.2) is 64.5 Å². The predicted octanol–water partition coefficient (Wildman–Crippen LogP) is 2.59. The second kappa shape index (κ2) is 9.76. The minimum Gasteiger partial charge on any atom is -0.339 e. The summed E-state index contributed by atoms with van der Waals surface area (Å²) in [6.07, 6.45) is 0. The number of halogens is 2. The van der Waals surface area contributed by atoms with Crippen molar-refractivity contribution in [3.8, 4) is 0 Å². The zero-order valence-corrected chi connectivity index (χ0v) is 18.3. The first-order valence-electron chi connectivity index (χ1n) is 8.20. The fraction of sp³-hybridized carbons (Fsp3) is 0.750. The monoisotopic (exact) mass is 426 g/mol. The van der Waals surface area contributed by atoms with E-state index in [-0.39, 0.29) is 42.2 Å². The molecular formula is C16H28Cl2N4OS2. The standard InChI is InChI=1S/C16H26N4OS2.2ClH/c1-16(2,3)15-18-12(9-23-15)8-19-4-6-20(7-5-19)14(21)13-10-22-11-17-13;;/h9,13,17H,4-8,10-11H2,1-3H3;2*1H. The number of rotatable bonds is 3. The third-order valence-corrected chi connectivity index (χ3v) is 6.53. The number of nitrogens with one attached hydrogen (secondary N) is 1. The van der Waals surface area contributed by atoms with Gasteiger partial charge in [0.1, 0.15) is 0 Å². The summed E-state index contributed by atoms with van der Waals surface area (Å²) < 4.78 is 0.